The van der Waals surface area contributed by atoms with E-state index in [9.17, 15) is 0 Å². The van der Waals surface area contributed by atoms with Gasteiger partial charge in [0.1, 0.15) is 5.82 Å². The second-order valence-corrected chi connectivity index (χ2v) is 19.2. The lowest BCUT2D eigenvalue weighted by Crippen LogP contribution is -2.09. The first-order valence-electron chi connectivity index (χ1n) is 27.6. The number of aryl methyl sites for hydroxylation is 3. The fourth-order valence-electron chi connectivity index (χ4n) is 9.42. The molecule has 0 saturated carbocycles. The standard InChI is InChI=1S/C56H108N2/c1-5-8-11-14-17-20-23-26-29-32-35-38-41-44-47-50-54-55(51-48-45-42-39-36-33-30-27-24-21-18-15-12-9-6-2)57-53(4)58-56(54)52-49-46-43-40-37-34-31-28-25-22-19-16-13-10-7-3/h5-52H2,1-4H3. The third-order valence-corrected chi connectivity index (χ3v) is 13.4. The van der Waals surface area contributed by atoms with Crippen LogP contribution in [0.3, 0.4) is 0 Å². The molecule has 2 heteroatoms. The first kappa shape index (κ1) is 55.1. The topological polar surface area (TPSA) is 25.8 Å². The van der Waals surface area contributed by atoms with Gasteiger partial charge < -0.3 is 0 Å². The number of rotatable bonds is 48. The Labute approximate surface area is 367 Å². The number of hydrogen-bond donors (Lipinski definition) is 0. The largest absolute Gasteiger partial charge is 0.238 e. The summed E-state index contributed by atoms with van der Waals surface area (Å²) in [5.74, 6) is 1.02. The zero-order valence-corrected chi connectivity index (χ0v) is 40.8. The third kappa shape index (κ3) is 36.9. The van der Waals surface area contributed by atoms with Crippen molar-refractivity contribution in [3.63, 3.8) is 0 Å². The Kier molecular flexibility index (Phi) is 43.3. The van der Waals surface area contributed by atoms with Crippen LogP contribution in [0, 0.1) is 6.92 Å². The molecule has 0 atom stereocenters. The Morgan fingerprint density at radius 3 is 0.603 bits per heavy atom. The molecule has 0 bridgehead atoms. The highest BCUT2D eigenvalue weighted by molar-refractivity contribution is 5.27. The van der Waals surface area contributed by atoms with E-state index in [-0.39, 0.29) is 0 Å². The lowest BCUT2D eigenvalue weighted by molar-refractivity contribution is 0.529. The molecule has 1 aromatic heterocycles. The first-order chi connectivity index (χ1) is 28.7. The summed E-state index contributed by atoms with van der Waals surface area (Å²) in [6.07, 6.45) is 67.9. The van der Waals surface area contributed by atoms with Crippen LogP contribution in [0.25, 0.3) is 0 Å². The Balaban J connectivity index is 2.38. The Morgan fingerprint density at radius 2 is 0.397 bits per heavy atom. The van der Waals surface area contributed by atoms with Crippen molar-refractivity contribution in [2.24, 2.45) is 0 Å². The van der Waals surface area contributed by atoms with Crippen molar-refractivity contribution in [1.82, 2.24) is 9.97 Å². The van der Waals surface area contributed by atoms with Crippen LogP contribution in [0.15, 0.2) is 0 Å². The second kappa shape index (κ2) is 45.6. The maximum atomic E-state index is 5.14. The Morgan fingerprint density at radius 1 is 0.224 bits per heavy atom. The second-order valence-electron chi connectivity index (χ2n) is 19.2. The average molecular weight is 809 g/mol. The molecule has 58 heavy (non-hydrogen) atoms. The van der Waals surface area contributed by atoms with Gasteiger partial charge in [0.05, 0.1) is 0 Å². The van der Waals surface area contributed by atoms with Crippen molar-refractivity contribution in [1.29, 1.82) is 0 Å². The molecule has 342 valence electrons. The lowest BCUT2D eigenvalue weighted by atomic mass is 9.96. The maximum Gasteiger partial charge on any atom is 0.125 e. The molecule has 0 unspecified atom stereocenters. The fraction of sp³-hybridized carbons (Fsp3) is 0.929. The molecule has 2 nitrogen and oxygen atoms in total. The average Bonchev–Trinajstić information content (AvgIpc) is 3.22. The summed E-state index contributed by atoms with van der Waals surface area (Å²) in [6.45, 7) is 9.10. The van der Waals surface area contributed by atoms with Crippen molar-refractivity contribution >= 4 is 0 Å². The van der Waals surface area contributed by atoms with E-state index in [1.165, 1.54) is 320 Å². The maximum absolute atomic E-state index is 5.14. The van der Waals surface area contributed by atoms with Crippen molar-refractivity contribution in [3.05, 3.63) is 22.8 Å². The van der Waals surface area contributed by atoms with Crippen LogP contribution in [0.1, 0.15) is 332 Å². The molecule has 0 radical (unpaired) electrons. The Bertz CT molecular complexity index is 884. The van der Waals surface area contributed by atoms with Gasteiger partial charge in [-0.25, -0.2) is 9.97 Å². The monoisotopic (exact) mass is 809 g/mol. The number of aromatic nitrogens is 2. The van der Waals surface area contributed by atoms with Gasteiger partial charge in [-0.1, -0.05) is 290 Å². The van der Waals surface area contributed by atoms with Crippen LogP contribution in [-0.4, -0.2) is 9.97 Å². The SMILES string of the molecule is CCCCCCCCCCCCCCCCCc1nc(C)nc(CCCCCCCCCCCCCCCCC)c1CCCCCCCCCCCCCCCCC. The molecule has 1 rings (SSSR count). The molecule has 0 aliphatic heterocycles. The van der Waals surface area contributed by atoms with Gasteiger partial charge in [0.15, 0.2) is 0 Å². The molecule has 0 spiro atoms. The lowest BCUT2D eigenvalue weighted by Gasteiger charge is -2.15. The molecule has 1 aromatic rings. The summed E-state index contributed by atoms with van der Waals surface area (Å²) in [5.41, 5.74) is 4.41. The summed E-state index contributed by atoms with van der Waals surface area (Å²) in [5, 5.41) is 0. The van der Waals surface area contributed by atoms with Gasteiger partial charge in [-0.15, -0.1) is 0 Å². The minimum atomic E-state index is 1.02. The van der Waals surface area contributed by atoms with Gasteiger partial charge in [0, 0.05) is 11.4 Å². The number of nitrogens with zero attached hydrogens (tertiary/aromatic N) is 2. The molecular formula is C56H108N2. The smallest absolute Gasteiger partial charge is 0.125 e. The summed E-state index contributed by atoms with van der Waals surface area (Å²) in [7, 11) is 0. The Hall–Kier alpha value is -0.920. The molecule has 0 aliphatic rings. The summed E-state index contributed by atoms with van der Waals surface area (Å²) >= 11 is 0. The van der Waals surface area contributed by atoms with Gasteiger partial charge in [0.2, 0.25) is 0 Å². The minimum Gasteiger partial charge on any atom is -0.238 e. The van der Waals surface area contributed by atoms with Crippen molar-refractivity contribution in [2.75, 3.05) is 0 Å². The predicted molar refractivity (Wildman–Crippen MR) is 263 cm³/mol. The molecule has 0 saturated heterocycles. The zero-order chi connectivity index (χ0) is 41.7. The van der Waals surface area contributed by atoms with E-state index >= 15 is 0 Å². The first-order valence-corrected chi connectivity index (χ1v) is 27.6. The van der Waals surface area contributed by atoms with Gasteiger partial charge in [-0.3, -0.25) is 0 Å². The summed E-state index contributed by atoms with van der Waals surface area (Å²) < 4.78 is 0. The van der Waals surface area contributed by atoms with Crippen LogP contribution in [0.4, 0.5) is 0 Å². The fourth-order valence-corrected chi connectivity index (χ4v) is 9.42. The van der Waals surface area contributed by atoms with Gasteiger partial charge >= 0.3 is 0 Å². The molecule has 0 fully saturated rings. The van der Waals surface area contributed by atoms with Gasteiger partial charge in [-0.05, 0) is 51.0 Å². The number of unbranched alkanes of at least 4 members (excludes halogenated alkanes) is 42. The van der Waals surface area contributed by atoms with Crippen molar-refractivity contribution < 1.29 is 0 Å². The molecule has 0 aromatic carbocycles. The van der Waals surface area contributed by atoms with Crippen LogP contribution < -0.4 is 0 Å². The third-order valence-electron chi connectivity index (χ3n) is 13.4. The highest BCUT2D eigenvalue weighted by atomic mass is 14.9. The van der Waals surface area contributed by atoms with E-state index < -0.39 is 0 Å². The van der Waals surface area contributed by atoms with Crippen LogP contribution >= 0.6 is 0 Å². The minimum absolute atomic E-state index is 1.02. The van der Waals surface area contributed by atoms with E-state index in [1.54, 1.807) is 5.56 Å². The van der Waals surface area contributed by atoms with E-state index in [2.05, 4.69) is 27.7 Å². The van der Waals surface area contributed by atoms with Crippen LogP contribution in [-0.2, 0) is 19.3 Å². The van der Waals surface area contributed by atoms with Crippen LogP contribution in [0.2, 0.25) is 0 Å². The normalized spacial score (nSPS) is 11.7. The molecule has 0 aliphatic carbocycles. The zero-order valence-electron chi connectivity index (χ0n) is 40.8. The van der Waals surface area contributed by atoms with Gasteiger partial charge in [-0.2, -0.15) is 0 Å². The number of hydrogen-bond acceptors (Lipinski definition) is 2. The van der Waals surface area contributed by atoms with E-state index in [0.29, 0.717) is 0 Å². The van der Waals surface area contributed by atoms with E-state index in [0.717, 1.165) is 5.82 Å². The molecule has 0 N–H and O–H groups in total. The highest BCUT2D eigenvalue weighted by Gasteiger charge is 2.13. The van der Waals surface area contributed by atoms with Gasteiger partial charge in [0.25, 0.3) is 0 Å². The van der Waals surface area contributed by atoms with Crippen LogP contribution in [0.5, 0.6) is 0 Å². The molecule has 0 amide bonds. The quantitative estimate of drug-likeness (QED) is 0.0613. The van der Waals surface area contributed by atoms with Crippen molar-refractivity contribution in [2.45, 2.75) is 336 Å². The van der Waals surface area contributed by atoms with E-state index in [1.807, 2.05) is 0 Å². The summed E-state index contributed by atoms with van der Waals surface area (Å²) in [6, 6.07) is 0. The summed E-state index contributed by atoms with van der Waals surface area (Å²) in [4.78, 5) is 10.3. The van der Waals surface area contributed by atoms with Crippen molar-refractivity contribution in [3.8, 4) is 0 Å². The predicted octanol–water partition coefficient (Wildman–Crippen LogP) is 20.0. The highest BCUT2D eigenvalue weighted by Crippen LogP contribution is 2.23. The molecular weight excluding hydrogens is 701 g/mol. The van der Waals surface area contributed by atoms with E-state index in [4.69, 9.17) is 9.97 Å². The molecule has 1 heterocycles.